The molecule has 1 rings (SSSR count). The Morgan fingerprint density at radius 2 is 2.17 bits per heavy atom. The zero-order valence-electron chi connectivity index (χ0n) is 7.67. The highest BCUT2D eigenvalue weighted by Crippen LogP contribution is 2.11. The van der Waals surface area contributed by atoms with Gasteiger partial charge in [0.25, 0.3) is 0 Å². The van der Waals surface area contributed by atoms with E-state index in [4.69, 9.17) is 5.73 Å². The highest BCUT2D eigenvalue weighted by Gasteiger charge is 2.02. The molecule has 0 unspecified atom stereocenters. The third-order valence-corrected chi connectivity index (χ3v) is 1.99. The van der Waals surface area contributed by atoms with Gasteiger partial charge in [-0.05, 0) is 19.8 Å². The van der Waals surface area contributed by atoms with E-state index >= 15 is 0 Å². The average molecular weight is 165 g/mol. The van der Waals surface area contributed by atoms with Gasteiger partial charge in [0.15, 0.2) is 0 Å². The van der Waals surface area contributed by atoms with Crippen molar-refractivity contribution in [3.05, 3.63) is 17.6 Å². The van der Waals surface area contributed by atoms with Gasteiger partial charge in [0.1, 0.15) is 12.1 Å². The monoisotopic (exact) mass is 165 g/mol. The van der Waals surface area contributed by atoms with Gasteiger partial charge < -0.3 is 5.73 Å². The molecule has 0 atom stereocenters. The van der Waals surface area contributed by atoms with Crippen LogP contribution in [-0.4, -0.2) is 9.97 Å². The SMILES string of the molecule is CCCCc1ncnc(N)c1C. The fourth-order valence-electron chi connectivity index (χ4n) is 1.10. The molecule has 3 nitrogen and oxygen atoms in total. The fraction of sp³-hybridized carbons (Fsp3) is 0.556. The summed E-state index contributed by atoms with van der Waals surface area (Å²) < 4.78 is 0. The summed E-state index contributed by atoms with van der Waals surface area (Å²) in [4.78, 5) is 8.10. The normalized spacial score (nSPS) is 10.2. The number of nitrogens with two attached hydrogens (primary N) is 1. The van der Waals surface area contributed by atoms with Crippen LogP contribution in [0.1, 0.15) is 31.0 Å². The first-order chi connectivity index (χ1) is 5.75. The molecule has 1 aromatic rings. The van der Waals surface area contributed by atoms with Crippen LogP contribution < -0.4 is 5.73 Å². The molecule has 0 aliphatic carbocycles. The van der Waals surface area contributed by atoms with E-state index in [0.717, 1.165) is 24.1 Å². The van der Waals surface area contributed by atoms with Crippen molar-refractivity contribution in [2.24, 2.45) is 0 Å². The molecule has 0 radical (unpaired) electrons. The molecule has 0 aliphatic rings. The predicted octanol–water partition coefficient (Wildman–Crippen LogP) is 1.71. The van der Waals surface area contributed by atoms with Crippen LogP contribution in [-0.2, 0) is 6.42 Å². The maximum Gasteiger partial charge on any atom is 0.129 e. The van der Waals surface area contributed by atoms with E-state index in [9.17, 15) is 0 Å². The molecule has 0 saturated heterocycles. The van der Waals surface area contributed by atoms with Gasteiger partial charge in [0.2, 0.25) is 0 Å². The Labute approximate surface area is 73.0 Å². The van der Waals surface area contributed by atoms with E-state index in [1.165, 1.54) is 12.7 Å². The largest absolute Gasteiger partial charge is 0.383 e. The third-order valence-electron chi connectivity index (χ3n) is 1.99. The van der Waals surface area contributed by atoms with Gasteiger partial charge in [-0.2, -0.15) is 0 Å². The smallest absolute Gasteiger partial charge is 0.129 e. The molecule has 0 spiro atoms. The summed E-state index contributed by atoms with van der Waals surface area (Å²) in [6.45, 7) is 4.14. The highest BCUT2D eigenvalue weighted by molar-refractivity contribution is 5.39. The lowest BCUT2D eigenvalue weighted by atomic mass is 10.1. The molecule has 0 saturated carbocycles. The van der Waals surface area contributed by atoms with Gasteiger partial charge in [-0.15, -0.1) is 0 Å². The molecule has 1 aromatic heterocycles. The van der Waals surface area contributed by atoms with Crippen molar-refractivity contribution in [2.75, 3.05) is 5.73 Å². The van der Waals surface area contributed by atoms with Crippen molar-refractivity contribution in [1.29, 1.82) is 0 Å². The Bertz CT molecular complexity index is 258. The molecule has 1 heterocycles. The van der Waals surface area contributed by atoms with Crippen molar-refractivity contribution in [1.82, 2.24) is 9.97 Å². The van der Waals surface area contributed by atoms with Gasteiger partial charge in [-0.3, -0.25) is 0 Å². The van der Waals surface area contributed by atoms with Gasteiger partial charge in [-0.1, -0.05) is 13.3 Å². The lowest BCUT2D eigenvalue weighted by Gasteiger charge is -2.04. The first-order valence-electron chi connectivity index (χ1n) is 4.31. The maximum atomic E-state index is 5.64. The van der Waals surface area contributed by atoms with Crippen molar-refractivity contribution >= 4 is 5.82 Å². The highest BCUT2D eigenvalue weighted by atomic mass is 14.9. The van der Waals surface area contributed by atoms with E-state index in [1.54, 1.807) is 0 Å². The summed E-state index contributed by atoms with van der Waals surface area (Å²) in [5, 5.41) is 0. The van der Waals surface area contributed by atoms with Crippen LogP contribution in [0.15, 0.2) is 6.33 Å². The second kappa shape index (κ2) is 4.04. The summed E-state index contributed by atoms with van der Waals surface area (Å²) in [6.07, 6.45) is 4.89. The van der Waals surface area contributed by atoms with Crippen LogP contribution >= 0.6 is 0 Å². The van der Waals surface area contributed by atoms with Crippen LogP contribution in [0.3, 0.4) is 0 Å². The molecular formula is C9H15N3. The summed E-state index contributed by atoms with van der Waals surface area (Å²) in [5.41, 5.74) is 7.76. The Hall–Kier alpha value is -1.12. The summed E-state index contributed by atoms with van der Waals surface area (Å²) in [7, 11) is 0. The molecular weight excluding hydrogens is 150 g/mol. The van der Waals surface area contributed by atoms with Gasteiger partial charge in [0, 0.05) is 11.3 Å². The lowest BCUT2D eigenvalue weighted by Crippen LogP contribution is -2.01. The zero-order chi connectivity index (χ0) is 8.97. The van der Waals surface area contributed by atoms with Crippen molar-refractivity contribution in [2.45, 2.75) is 33.1 Å². The standard InChI is InChI=1S/C9H15N3/c1-3-4-5-8-7(2)9(10)12-6-11-8/h6H,3-5H2,1-2H3,(H2,10,11,12). The molecule has 0 bridgehead atoms. The van der Waals surface area contributed by atoms with Crippen LogP contribution in [0.5, 0.6) is 0 Å². The van der Waals surface area contributed by atoms with Crippen LogP contribution in [0.25, 0.3) is 0 Å². The lowest BCUT2D eigenvalue weighted by molar-refractivity contribution is 0.768. The summed E-state index contributed by atoms with van der Waals surface area (Å²) in [6, 6.07) is 0. The van der Waals surface area contributed by atoms with E-state index in [-0.39, 0.29) is 0 Å². The van der Waals surface area contributed by atoms with E-state index in [2.05, 4.69) is 16.9 Å². The molecule has 0 aliphatic heterocycles. The third kappa shape index (κ3) is 1.94. The Balaban J connectivity index is 2.78. The average Bonchev–Trinajstić information content (AvgIpc) is 2.08. The number of aromatic nitrogens is 2. The number of nitrogens with zero attached hydrogens (tertiary/aromatic N) is 2. The van der Waals surface area contributed by atoms with Crippen LogP contribution in [0.4, 0.5) is 5.82 Å². The van der Waals surface area contributed by atoms with E-state index in [0.29, 0.717) is 5.82 Å². The van der Waals surface area contributed by atoms with Crippen molar-refractivity contribution in [3.8, 4) is 0 Å². The number of nitrogen functional groups attached to an aromatic ring is 1. The second-order valence-corrected chi connectivity index (χ2v) is 2.93. The number of unbranched alkanes of at least 4 members (excludes halogenated alkanes) is 1. The number of aryl methyl sites for hydroxylation is 1. The number of anilines is 1. The summed E-state index contributed by atoms with van der Waals surface area (Å²) in [5.74, 6) is 0.608. The molecule has 12 heavy (non-hydrogen) atoms. The fourth-order valence-corrected chi connectivity index (χ4v) is 1.10. The Kier molecular flexibility index (Phi) is 3.02. The molecule has 66 valence electrons. The molecule has 3 heteroatoms. The number of hydrogen-bond acceptors (Lipinski definition) is 3. The van der Waals surface area contributed by atoms with E-state index in [1.807, 2.05) is 6.92 Å². The topological polar surface area (TPSA) is 51.8 Å². The van der Waals surface area contributed by atoms with Crippen LogP contribution in [0.2, 0.25) is 0 Å². The Morgan fingerprint density at radius 1 is 1.42 bits per heavy atom. The second-order valence-electron chi connectivity index (χ2n) is 2.93. The number of hydrogen-bond donors (Lipinski definition) is 1. The Morgan fingerprint density at radius 3 is 2.83 bits per heavy atom. The zero-order valence-corrected chi connectivity index (χ0v) is 7.67. The van der Waals surface area contributed by atoms with Gasteiger partial charge in [-0.25, -0.2) is 9.97 Å². The first-order valence-corrected chi connectivity index (χ1v) is 4.31. The number of rotatable bonds is 3. The first kappa shape index (κ1) is 8.97. The minimum Gasteiger partial charge on any atom is -0.383 e. The van der Waals surface area contributed by atoms with Crippen LogP contribution in [0, 0.1) is 6.92 Å². The van der Waals surface area contributed by atoms with Crippen molar-refractivity contribution in [3.63, 3.8) is 0 Å². The molecule has 2 N–H and O–H groups in total. The van der Waals surface area contributed by atoms with Gasteiger partial charge in [0.05, 0.1) is 0 Å². The predicted molar refractivity (Wildman–Crippen MR) is 49.8 cm³/mol. The minimum absolute atomic E-state index is 0.608. The molecule has 0 amide bonds. The maximum absolute atomic E-state index is 5.64. The quantitative estimate of drug-likeness (QED) is 0.741. The molecule has 0 fully saturated rings. The van der Waals surface area contributed by atoms with E-state index < -0.39 is 0 Å². The van der Waals surface area contributed by atoms with Crippen molar-refractivity contribution < 1.29 is 0 Å². The molecule has 0 aromatic carbocycles. The summed E-state index contributed by atoms with van der Waals surface area (Å²) >= 11 is 0. The van der Waals surface area contributed by atoms with Gasteiger partial charge >= 0.3 is 0 Å². The minimum atomic E-state index is 0.608.